The second-order valence-electron chi connectivity index (χ2n) is 4.60. The highest BCUT2D eigenvalue weighted by Gasteiger charge is 2.22. The van der Waals surface area contributed by atoms with E-state index in [9.17, 15) is 14.9 Å². The molecule has 9 nitrogen and oxygen atoms in total. The van der Waals surface area contributed by atoms with Crippen LogP contribution in [0.25, 0.3) is 0 Å². The van der Waals surface area contributed by atoms with Crippen LogP contribution in [0.1, 0.15) is 6.42 Å². The Labute approximate surface area is 137 Å². The number of anilines is 1. The summed E-state index contributed by atoms with van der Waals surface area (Å²) in [7, 11) is 2.81. The smallest absolute Gasteiger partial charge is 0.411 e. The Balaban J connectivity index is 2.25. The number of rotatable bonds is 5. The molecule has 126 valence electrons. The van der Waals surface area contributed by atoms with Crippen molar-refractivity contribution in [2.45, 2.75) is 6.42 Å². The highest BCUT2D eigenvalue weighted by molar-refractivity contribution is 5.69. The third kappa shape index (κ3) is 4.09. The fraction of sp³-hybridized carbons (Fsp3) is 0.200. The van der Waals surface area contributed by atoms with E-state index in [1.807, 2.05) is 0 Å². The third-order valence-electron chi connectivity index (χ3n) is 3.05. The molecule has 0 unspecified atom stereocenters. The van der Waals surface area contributed by atoms with Crippen LogP contribution >= 0.6 is 0 Å². The molecule has 1 aromatic heterocycles. The predicted octanol–water partition coefficient (Wildman–Crippen LogP) is 2.49. The minimum atomic E-state index is -0.573. The predicted molar refractivity (Wildman–Crippen MR) is 86.5 cm³/mol. The number of hydrogen-bond acceptors (Lipinski definition) is 7. The van der Waals surface area contributed by atoms with Crippen LogP contribution < -0.4 is 15.4 Å². The molecule has 0 aliphatic heterocycles. The van der Waals surface area contributed by atoms with E-state index in [1.54, 1.807) is 24.3 Å². The number of carbonyl (C=O) groups is 1. The van der Waals surface area contributed by atoms with Crippen molar-refractivity contribution in [1.29, 1.82) is 0 Å². The number of pyridine rings is 1. The maximum absolute atomic E-state index is 11.3. The van der Waals surface area contributed by atoms with E-state index in [1.165, 1.54) is 26.4 Å². The second-order valence-corrected chi connectivity index (χ2v) is 4.60. The van der Waals surface area contributed by atoms with Gasteiger partial charge in [0.15, 0.2) is 0 Å². The topological polar surface area (TPSA) is 116 Å². The number of nitro groups is 1. The van der Waals surface area contributed by atoms with Gasteiger partial charge in [0, 0.05) is 31.4 Å². The number of nitrogens with zero attached hydrogens (tertiary/aromatic N) is 2. The Bertz CT molecular complexity index is 739. The molecule has 0 radical (unpaired) electrons. The van der Waals surface area contributed by atoms with E-state index in [2.05, 4.69) is 20.4 Å². The SMILES string of the molecule is CNc1nccc(OC2=CC=C(NC(=O)OC)CC=C2)c1[N+](=O)[O-]. The Morgan fingerprint density at radius 3 is 2.88 bits per heavy atom. The number of ether oxygens (including phenoxy) is 2. The standard InChI is InChI=1S/C15H16N4O5/c1-16-14-13(19(21)22)12(8-9-17-14)24-11-5-3-4-10(6-7-11)18-15(20)23-2/h3,5-9H,4H2,1-2H3,(H,16,17)(H,18,20). The van der Waals surface area contributed by atoms with Gasteiger partial charge in [0.2, 0.25) is 11.6 Å². The molecule has 2 N–H and O–H groups in total. The van der Waals surface area contributed by atoms with Gasteiger partial charge in [0.1, 0.15) is 5.76 Å². The molecular weight excluding hydrogens is 316 g/mol. The van der Waals surface area contributed by atoms with Gasteiger partial charge in [-0.25, -0.2) is 9.78 Å². The maximum atomic E-state index is 11.3. The van der Waals surface area contributed by atoms with Crippen LogP contribution in [0.15, 0.2) is 48.0 Å². The Hall–Kier alpha value is -3.36. The Morgan fingerprint density at radius 2 is 2.21 bits per heavy atom. The summed E-state index contributed by atoms with van der Waals surface area (Å²) in [4.78, 5) is 25.8. The van der Waals surface area contributed by atoms with Crippen molar-refractivity contribution in [3.8, 4) is 5.75 Å². The van der Waals surface area contributed by atoms with Crippen molar-refractivity contribution in [3.63, 3.8) is 0 Å². The van der Waals surface area contributed by atoms with Crippen molar-refractivity contribution >= 4 is 17.6 Å². The highest BCUT2D eigenvalue weighted by atomic mass is 16.6. The van der Waals surface area contributed by atoms with E-state index in [-0.39, 0.29) is 17.3 Å². The van der Waals surface area contributed by atoms with Gasteiger partial charge in [-0.2, -0.15) is 0 Å². The lowest BCUT2D eigenvalue weighted by Gasteiger charge is -2.08. The average Bonchev–Trinajstić information content (AvgIpc) is 2.79. The first-order valence-corrected chi connectivity index (χ1v) is 6.96. The van der Waals surface area contributed by atoms with Crippen molar-refractivity contribution in [2.24, 2.45) is 0 Å². The summed E-state index contributed by atoms with van der Waals surface area (Å²) in [6.07, 6.45) is 7.94. The van der Waals surface area contributed by atoms with Gasteiger partial charge in [-0.05, 0) is 18.2 Å². The summed E-state index contributed by atoms with van der Waals surface area (Å²) in [5, 5.41) is 16.5. The van der Waals surface area contributed by atoms with Gasteiger partial charge >= 0.3 is 11.8 Å². The van der Waals surface area contributed by atoms with Crippen LogP contribution in [0.3, 0.4) is 0 Å². The maximum Gasteiger partial charge on any atom is 0.411 e. The first kappa shape index (κ1) is 17.0. The number of hydrogen-bond donors (Lipinski definition) is 2. The van der Waals surface area contributed by atoms with Crippen molar-refractivity contribution in [1.82, 2.24) is 10.3 Å². The third-order valence-corrected chi connectivity index (χ3v) is 3.05. The molecular formula is C15H16N4O5. The molecule has 0 saturated heterocycles. The molecule has 0 saturated carbocycles. The largest absolute Gasteiger partial charge is 0.453 e. The molecule has 0 fully saturated rings. The number of nitrogens with one attached hydrogen (secondary N) is 2. The van der Waals surface area contributed by atoms with E-state index < -0.39 is 11.0 Å². The molecule has 1 aliphatic carbocycles. The first-order chi connectivity index (χ1) is 11.5. The number of amides is 1. The zero-order valence-electron chi connectivity index (χ0n) is 13.1. The number of carbonyl (C=O) groups excluding carboxylic acids is 1. The molecule has 0 spiro atoms. The Kier molecular flexibility index (Phi) is 5.50. The fourth-order valence-electron chi connectivity index (χ4n) is 1.96. The summed E-state index contributed by atoms with van der Waals surface area (Å²) < 4.78 is 10.1. The van der Waals surface area contributed by atoms with Crippen molar-refractivity contribution in [3.05, 3.63) is 58.1 Å². The summed E-state index contributed by atoms with van der Waals surface area (Å²) >= 11 is 0. The van der Waals surface area contributed by atoms with Crippen LogP contribution in [0.2, 0.25) is 0 Å². The molecule has 1 aliphatic rings. The average molecular weight is 332 g/mol. The second kappa shape index (κ2) is 7.77. The molecule has 2 rings (SSSR count). The molecule has 0 aromatic carbocycles. The van der Waals surface area contributed by atoms with Crippen LogP contribution in [-0.2, 0) is 4.74 Å². The zero-order valence-corrected chi connectivity index (χ0v) is 13.1. The van der Waals surface area contributed by atoms with E-state index in [0.29, 0.717) is 17.9 Å². The van der Waals surface area contributed by atoms with Gasteiger partial charge in [0.25, 0.3) is 0 Å². The fourth-order valence-corrected chi connectivity index (χ4v) is 1.96. The Morgan fingerprint density at radius 1 is 1.42 bits per heavy atom. The lowest BCUT2D eigenvalue weighted by molar-refractivity contribution is -0.385. The number of methoxy groups -OCH3 is 1. The van der Waals surface area contributed by atoms with E-state index in [0.717, 1.165) is 0 Å². The van der Waals surface area contributed by atoms with Crippen molar-refractivity contribution < 1.29 is 19.2 Å². The molecule has 1 aromatic rings. The molecule has 1 amide bonds. The van der Waals surface area contributed by atoms with E-state index in [4.69, 9.17) is 4.74 Å². The zero-order chi connectivity index (χ0) is 17.5. The summed E-state index contributed by atoms with van der Waals surface area (Å²) in [6, 6.07) is 1.41. The van der Waals surface area contributed by atoms with Crippen LogP contribution in [0.5, 0.6) is 5.75 Å². The molecule has 0 bridgehead atoms. The monoisotopic (exact) mass is 332 g/mol. The van der Waals surface area contributed by atoms with Gasteiger partial charge in [-0.3, -0.25) is 15.4 Å². The van der Waals surface area contributed by atoms with Crippen molar-refractivity contribution in [2.75, 3.05) is 19.5 Å². The summed E-state index contributed by atoms with van der Waals surface area (Å²) in [5.41, 5.74) is 0.354. The van der Waals surface area contributed by atoms with Gasteiger partial charge in [0.05, 0.1) is 12.0 Å². The van der Waals surface area contributed by atoms with Gasteiger partial charge in [-0.15, -0.1) is 0 Å². The molecule has 1 heterocycles. The molecule has 0 atom stereocenters. The lowest BCUT2D eigenvalue weighted by Crippen LogP contribution is -2.21. The lowest BCUT2D eigenvalue weighted by atomic mass is 10.3. The number of allylic oxidation sites excluding steroid dienone is 4. The normalized spacial score (nSPS) is 13.2. The first-order valence-electron chi connectivity index (χ1n) is 6.96. The van der Waals surface area contributed by atoms with Crippen LogP contribution in [0.4, 0.5) is 16.3 Å². The van der Waals surface area contributed by atoms with E-state index >= 15 is 0 Å². The number of alkyl carbamates (subject to hydrolysis) is 1. The molecule has 24 heavy (non-hydrogen) atoms. The quantitative estimate of drug-likeness (QED) is 0.628. The van der Waals surface area contributed by atoms with Gasteiger partial charge in [-0.1, -0.05) is 6.08 Å². The minimum Gasteiger partial charge on any atom is -0.453 e. The highest BCUT2D eigenvalue weighted by Crippen LogP contribution is 2.34. The summed E-state index contributed by atoms with van der Waals surface area (Å²) in [5.74, 6) is 0.556. The molecule has 9 heteroatoms. The number of aromatic nitrogens is 1. The minimum absolute atomic E-state index is 0.0630. The van der Waals surface area contributed by atoms with Gasteiger partial charge < -0.3 is 14.8 Å². The summed E-state index contributed by atoms with van der Waals surface area (Å²) in [6.45, 7) is 0. The van der Waals surface area contributed by atoms with Crippen LogP contribution in [0, 0.1) is 10.1 Å². The van der Waals surface area contributed by atoms with Crippen LogP contribution in [-0.4, -0.2) is 30.2 Å².